The molecule has 3 aromatic rings. The van der Waals surface area contributed by atoms with Gasteiger partial charge in [0.05, 0.1) is 17.8 Å². The molecule has 1 aliphatic heterocycles. The lowest BCUT2D eigenvalue weighted by Gasteiger charge is -2.29. The molecule has 150 valence electrons. The maximum atomic E-state index is 5.76. The molecule has 0 aromatic carbocycles. The van der Waals surface area contributed by atoms with Gasteiger partial charge in [0.2, 0.25) is 0 Å². The molecule has 6 nitrogen and oxygen atoms in total. The zero-order valence-electron chi connectivity index (χ0n) is 16.8. The molecule has 1 fully saturated rings. The fourth-order valence-electron chi connectivity index (χ4n) is 3.90. The van der Waals surface area contributed by atoms with Crippen LogP contribution in [0.4, 0.5) is 0 Å². The predicted octanol–water partition coefficient (Wildman–Crippen LogP) is 3.19. The van der Waals surface area contributed by atoms with Crippen LogP contribution in [0.5, 0.6) is 0 Å². The van der Waals surface area contributed by atoms with Gasteiger partial charge in [-0.25, -0.2) is 0 Å². The topological polar surface area (TPSA) is 49.2 Å². The molecule has 4 rings (SSSR count). The van der Waals surface area contributed by atoms with Crippen molar-refractivity contribution in [3.8, 4) is 5.69 Å². The smallest absolute Gasteiger partial charge is 0.170 e. The van der Waals surface area contributed by atoms with E-state index in [1.165, 1.54) is 5.69 Å². The molecule has 7 heteroatoms. The summed E-state index contributed by atoms with van der Waals surface area (Å²) in [6.07, 6.45) is 8.62. The fraction of sp³-hybridized carbons (Fsp3) is 0.318. The molecule has 0 amide bonds. The predicted molar refractivity (Wildman–Crippen MR) is 119 cm³/mol. The van der Waals surface area contributed by atoms with Gasteiger partial charge < -0.3 is 19.7 Å². The SMILES string of the molecule is CN(C)CCCN1C(=S)N[C@H](c2ccccn2)[C@H]1c1cccn1-c1ccncc1. The summed E-state index contributed by atoms with van der Waals surface area (Å²) in [4.78, 5) is 13.3. The Morgan fingerprint density at radius 1 is 1.07 bits per heavy atom. The van der Waals surface area contributed by atoms with Gasteiger partial charge in [0.25, 0.3) is 0 Å². The minimum absolute atomic E-state index is 0.00135. The van der Waals surface area contributed by atoms with Crippen LogP contribution < -0.4 is 5.32 Å². The van der Waals surface area contributed by atoms with Crippen molar-refractivity contribution < 1.29 is 0 Å². The van der Waals surface area contributed by atoms with Gasteiger partial charge in [0.1, 0.15) is 0 Å². The maximum absolute atomic E-state index is 5.76. The van der Waals surface area contributed by atoms with Crippen molar-refractivity contribution in [2.75, 3.05) is 27.2 Å². The minimum Gasteiger partial charge on any atom is -0.352 e. The van der Waals surface area contributed by atoms with Crippen molar-refractivity contribution >= 4 is 17.3 Å². The summed E-state index contributed by atoms with van der Waals surface area (Å²) >= 11 is 5.76. The van der Waals surface area contributed by atoms with Crippen LogP contribution in [-0.2, 0) is 0 Å². The van der Waals surface area contributed by atoms with Gasteiger partial charge >= 0.3 is 0 Å². The molecule has 2 atom stereocenters. The molecule has 0 saturated carbocycles. The second-order valence-corrected chi connectivity index (χ2v) is 7.87. The lowest BCUT2D eigenvalue weighted by molar-refractivity contribution is 0.286. The number of thiocarbonyl (C=S) groups is 1. The van der Waals surface area contributed by atoms with Crippen molar-refractivity contribution in [1.82, 2.24) is 29.7 Å². The van der Waals surface area contributed by atoms with E-state index in [-0.39, 0.29) is 12.1 Å². The third-order valence-electron chi connectivity index (χ3n) is 5.23. The first-order chi connectivity index (χ1) is 14.1. The van der Waals surface area contributed by atoms with Crippen LogP contribution in [0.1, 0.15) is 29.9 Å². The zero-order valence-corrected chi connectivity index (χ0v) is 17.6. The highest BCUT2D eigenvalue weighted by Crippen LogP contribution is 2.39. The molecular weight excluding hydrogens is 380 g/mol. The second kappa shape index (κ2) is 8.71. The van der Waals surface area contributed by atoms with Gasteiger partial charge in [-0.1, -0.05) is 6.07 Å². The molecule has 1 saturated heterocycles. The zero-order chi connectivity index (χ0) is 20.2. The number of hydrogen-bond acceptors (Lipinski definition) is 4. The molecule has 0 aliphatic carbocycles. The van der Waals surface area contributed by atoms with Crippen LogP contribution in [0.15, 0.2) is 67.3 Å². The summed E-state index contributed by atoms with van der Waals surface area (Å²) in [5, 5.41) is 4.32. The Balaban J connectivity index is 1.72. The molecule has 0 spiro atoms. The van der Waals surface area contributed by atoms with Crippen LogP contribution >= 0.6 is 12.2 Å². The number of aromatic nitrogens is 3. The molecular formula is C22H26N6S. The Bertz CT molecular complexity index is 940. The number of rotatable bonds is 7. The van der Waals surface area contributed by atoms with E-state index in [9.17, 15) is 0 Å². The summed E-state index contributed by atoms with van der Waals surface area (Å²) in [5.74, 6) is 0. The molecule has 4 heterocycles. The van der Waals surface area contributed by atoms with Crippen molar-refractivity contribution in [3.63, 3.8) is 0 Å². The van der Waals surface area contributed by atoms with Gasteiger partial charge in [-0.3, -0.25) is 9.97 Å². The van der Waals surface area contributed by atoms with Crippen molar-refractivity contribution in [2.45, 2.75) is 18.5 Å². The summed E-state index contributed by atoms with van der Waals surface area (Å²) in [7, 11) is 4.20. The Morgan fingerprint density at radius 3 is 2.62 bits per heavy atom. The van der Waals surface area contributed by atoms with Crippen LogP contribution in [0.3, 0.4) is 0 Å². The quantitative estimate of drug-likeness (QED) is 0.608. The highest BCUT2D eigenvalue weighted by molar-refractivity contribution is 7.80. The molecule has 3 aromatic heterocycles. The van der Waals surface area contributed by atoms with E-state index >= 15 is 0 Å². The summed E-state index contributed by atoms with van der Waals surface area (Å²) in [6, 6.07) is 14.4. The van der Waals surface area contributed by atoms with E-state index in [2.05, 4.69) is 68.1 Å². The van der Waals surface area contributed by atoms with E-state index < -0.39 is 0 Å². The Labute approximate surface area is 177 Å². The van der Waals surface area contributed by atoms with Crippen molar-refractivity contribution in [3.05, 3.63) is 78.6 Å². The maximum Gasteiger partial charge on any atom is 0.170 e. The fourth-order valence-corrected chi connectivity index (χ4v) is 4.23. The molecule has 1 aliphatic rings. The van der Waals surface area contributed by atoms with E-state index in [0.29, 0.717) is 0 Å². The molecule has 1 N–H and O–H groups in total. The average Bonchev–Trinajstić information content (AvgIpc) is 3.34. The first kappa shape index (κ1) is 19.5. The van der Waals surface area contributed by atoms with Crippen LogP contribution in [0, 0.1) is 0 Å². The largest absolute Gasteiger partial charge is 0.352 e. The molecule has 29 heavy (non-hydrogen) atoms. The van der Waals surface area contributed by atoms with Crippen LogP contribution in [-0.4, -0.2) is 56.6 Å². The minimum atomic E-state index is -0.00135. The normalized spacial score (nSPS) is 19.0. The van der Waals surface area contributed by atoms with Gasteiger partial charge in [0, 0.05) is 42.7 Å². The lowest BCUT2D eigenvalue weighted by Crippen LogP contribution is -2.32. The van der Waals surface area contributed by atoms with Gasteiger partial charge in [-0.15, -0.1) is 0 Å². The Hall–Kier alpha value is -2.77. The van der Waals surface area contributed by atoms with E-state index in [1.54, 1.807) is 0 Å². The van der Waals surface area contributed by atoms with Gasteiger partial charge in [0.15, 0.2) is 5.11 Å². The lowest BCUT2D eigenvalue weighted by atomic mass is 10.0. The average molecular weight is 407 g/mol. The number of hydrogen-bond donors (Lipinski definition) is 1. The molecule has 0 unspecified atom stereocenters. The monoisotopic (exact) mass is 406 g/mol. The van der Waals surface area contributed by atoms with Crippen molar-refractivity contribution in [2.24, 2.45) is 0 Å². The van der Waals surface area contributed by atoms with E-state index in [1.807, 2.05) is 42.9 Å². The van der Waals surface area contributed by atoms with Gasteiger partial charge in [-0.05, 0) is 75.7 Å². The third kappa shape index (κ3) is 4.16. The summed E-state index contributed by atoms with van der Waals surface area (Å²) in [5.41, 5.74) is 3.27. The van der Waals surface area contributed by atoms with Crippen LogP contribution in [0.25, 0.3) is 5.69 Å². The third-order valence-corrected chi connectivity index (χ3v) is 5.58. The second-order valence-electron chi connectivity index (χ2n) is 7.49. The Morgan fingerprint density at radius 2 is 1.90 bits per heavy atom. The highest BCUT2D eigenvalue weighted by Gasteiger charge is 2.40. The van der Waals surface area contributed by atoms with E-state index in [0.717, 1.165) is 36.0 Å². The number of pyridine rings is 2. The molecule has 0 radical (unpaired) electrons. The van der Waals surface area contributed by atoms with Crippen LogP contribution in [0.2, 0.25) is 0 Å². The standard InChI is InChI=1S/C22H26N6S/c1-26(2)14-6-16-28-21(20(25-22(28)29)18-7-3-4-11-24-18)19-8-5-15-27(19)17-9-12-23-13-10-17/h3-5,7-13,15,20-21H,6,14,16H2,1-2H3,(H,25,29)/t20-,21-/m1/s1. The van der Waals surface area contributed by atoms with Crippen molar-refractivity contribution in [1.29, 1.82) is 0 Å². The number of nitrogens with one attached hydrogen (secondary N) is 1. The first-order valence-electron chi connectivity index (χ1n) is 9.85. The summed E-state index contributed by atoms with van der Waals surface area (Å²) < 4.78 is 2.22. The van der Waals surface area contributed by atoms with Gasteiger partial charge in [-0.2, -0.15) is 0 Å². The Kier molecular flexibility index (Phi) is 5.87. The first-order valence-corrected chi connectivity index (χ1v) is 10.3. The molecule has 0 bridgehead atoms. The highest BCUT2D eigenvalue weighted by atomic mass is 32.1. The van der Waals surface area contributed by atoms with E-state index in [4.69, 9.17) is 12.2 Å². The summed E-state index contributed by atoms with van der Waals surface area (Å²) in [6.45, 7) is 1.91. The number of nitrogens with zero attached hydrogens (tertiary/aromatic N) is 5.